The molecule has 6 heteroatoms. The molecule has 0 fully saturated rings. The number of carbonyl (C=O) groups is 2. The minimum absolute atomic E-state index is 0.0456. The number of rotatable bonds is 8. The molecule has 6 nitrogen and oxygen atoms in total. The maximum atomic E-state index is 10.9. The van der Waals surface area contributed by atoms with Crippen molar-refractivity contribution in [3.8, 4) is 0 Å². The summed E-state index contributed by atoms with van der Waals surface area (Å²) in [4.78, 5) is 21.9. The fourth-order valence-electron chi connectivity index (χ4n) is 0.695. The lowest BCUT2D eigenvalue weighted by atomic mass is 10.5. The van der Waals surface area contributed by atoms with E-state index in [0.29, 0.717) is 13.0 Å². The van der Waals surface area contributed by atoms with Gasteiger partial charge in [-0.15, -0.1) is 0 Å². The van der Waals surface area contributed by atoms with Crippen LogP contribution in [0.25, 0.3) is 0 Å². The summed E-state index contributed by atoms with van der Waals surface area (Å²) >= 11 is 0. The van der Waals surface area contributed by atoms with Crippen molar-refractivity contribution in [3.63, 3.8) is 0 Å². The van der Waals surface area contributed by atoms with E-state index >= 15 is 0 Å². The van der Waals surface area contributed by atoms with Crippen molar-refractivity contribution < 1.29 is 28.9 Å². The smallest absolute Gasteiger partial charge is 0.331 e. The first-order valence-corrected chi connectivity index (χ1v) is 4.82. The van der Waals surface area contributed by atoms with Gasteiger partial charge in [-0.1, -0.05) is 0 Å². The lowest BCUT2D eigenvalue weighted by Crippen LogP contribution is -2.08. The van der Waals surface area contributed by atoms with Gasteiger partial charge in [-0.2, -0.15) is 0 Å². The first kappa shape index (κ1) is 14.6. The largest absolute Gasteiger partial charge is 0.462 e. The molecule has 0 spiro atoms. The highest BCUT2D eigenvalue weighted by molar-refractivity contribution is 5.91. The van der Waals surface area contributed by atoms with E-state index < -0.39 is 11.9 Å². The highest BCUT2D eigenvalue weighted by atomic mass is 16.6. The molecule has 0 saturated carbocycles. The van der Waals surface area contributed by atoms with E-state index in [2.05, 4.69) is 14.2 Å². The Morgan fingerprint density at radius 1 is 1.06 bits per heavy atom. The third-order valence-corrected chi connectivity index (χ3v) is 1.43. The second kappa shape index (κ2) is 10.1. The number of esters is 2. The molecule has 0 saturated heterocycles. The maximum absolute atomic E-state index is 10.9. The summed E-state index contributed by atoms with van der Waals surface area (Å²) in [6, 6.07) is 0. The fraction of sp³-hybridized carbons (Fsp3) is 0.600. The molecule has 16 heavy (non-hydrogen) atoms. The number of carbonyl (C=O) groups excluding carboxylic acids is 2. The number of aliphatic hydroxyl groups excluding tert-OH is 1. The van der Waals surface area contributed by atoms with E-state index in [9.17, 15) is 9.59 Å². The Balaban J connectivity index is 3.63. The molecule has 0 aliphatic heterocycles. The average molecular weight is 232 g/mol. The van der Waals surface area contributed by atoms with E-state index in [1.165, 1.54) is 7.11 Å². The standard InChI is InChI=1S/C10H16O6/c1-14-7-8-16-10(13)4-3-9(12)15-6-2-5-11/h3-4,11H,2,5-8H2,1H3. The van der Waals surface area contributed by atoms with Crippen molar-refractivity contribution in [1.82, 2.24) is 0 Å². The molecule has 0 aromatic heterocycles. The maximum Gasteiger partial charge on any atom is 0.331 e. The topological polar surface area (TPSA) is 82.1 Å². The molecule has 92 valence electrons. The van der Waals surface area contributed by atoms with Gasteiger partial charge in [0.15, 0.2) is 0 Å². The zero-order valence-electron chi connectivity index (χ0n) is 9.18. The van der Waals surface area contributed by atoms with Crippen LogP contribution in [0, 0.1) is 0 Å². The van der Waals surface area contributed by atoms with E-state index in [0.717, 1.165) is 12.2 Å². The molecule has 0 amide bonds. The molecule has 0 unspecified atom stereocenters. The van der Waals surface area contributed by atoms with Gasteiger partial charge in [-0.3, -0.25) is 0 Å². The highest BCUT2D eigenvalue weighted by Gasteiger charge is 2.00. The Hall–Kier alpha value is -1.40. The molecule has 0 heterocycles. The highest BCUT2D eigenvalue weighted by Crippen LogP contribution is 1.87. The van der Waals surface area contributed by atoms with E-state index in [-0.39, 0.29) is 19.8 Å². The minimum atomic E-state index is -0.642. The van der Waals surface area contributed by atoms with Crippen molar-refractivity contribution in [1.29, 1.82) is 0 Å². The summed E-state index contributed by atoms with van der Waals surface area (Å²) in [6.45, 7) is 0.522. The van der Waals surface area contributed by atoms with Crippen molar-refractivity contribution >= 4 is 11.9 Å². The summed E-state index contributed by atoms with van der Waals surface area (Å²) in [5.74, 6) is -1.27. The normalized spacial score (nSPS) is 10.4. The van der Waals surface area contributed by atoms with Crippen LogP contribution in [0.15, 0.2) is 12.2 Å². The molecule has 0 bridgehead atoms. The van der Waals surface area contributed by atoms with Gasteiger partial charge in [-0.05, 0) is 0 Å². The predicted molar refractivity (Wildman–Crippen MR) is 54.6 cm³/mol. The van der Waals surface area contributed by atoms with Crippen LogP contribution in [0.2, 0.25) is 0 Å². The second-order valence-electron chi connectivity index (χ2n) is 2.74. The second-order valence-corrected chi connectivity index (χ2v) is 2.74. The summed E-state index contributed by atoms with van der Waals surface area (Å²) in [6.07, 6.45) is 2.33. The molecule has 0 aromatic rings. The van der Waals surface area contributed by atoms with Gasteiger partial charge in [0.25, 0.3) is 0 Å². The summed E-state index contributed by atoms with van der Waals surface area (Å²) in [5.41, 5.74) is 0. The van der Waals surface area contributed by atoms with Crippen molar-refractivity contribution in [2.75, 3.05) is 33.5 Å². The number of hydrogen-bond donors (Lipinski definition) is 1. The summed E-state index contributed by atoms with van der Waals surface area (Å²) in [5, 5.41) is 8.42. The molecule has 0 rings (SSSR count). The van der Waals surface area contributed by atoms with E-state index in [1.807, 2.05) is 0 Å². The van der Waals surface area contributed by atoms with Crippen LogP contribution in [0.4, 0.5) is 0 Å². The molecule has 0 aliphatic carbocycles. The quantitative estimate of drug-likeness (QED) is 0.350. The Labute approximate surface area is 93.8 Å². The SMILES string of the molecule is COCCOC(=O)C=CC(=O)OCCCO. The molecule has 0 aliphatic rings. The third kappa shape index (κ3) is 9.17. The van der Waals surface area contributed by atoms with Gasteiger partial charge in [-0.25, -0.2) is 9.59 Å². The van der Waals surface area contributed by atoms with Gasteiger partial charge in [0.1, 0.15) is 6.61 Å². The van der Waals surface area contributed by atoms with Crippen LogP contribution in [0.3, 0.4) is 0 Å². The number of hydrogen-bond acceptors (Lipinski definition) is 6. The van der Waals surface area contributed by atoms with Crippen LogP contribution in [0.5, 0.6) is 0 Å². The predicted octanol–water partition coefficient (Wildman–Crippen LogP) is -0.342. The Morgan fingerprint density at radius 2 is 1.62 bits per heavy atom. The third-order valence-electron chi connectivity index (χ3n) is 1.43. The number of aliphatic hydroxyl groups is 1. The van der Waals surface area contributed by atoms with E-state index in [1.54, 1.807) is 0 Å². The average Bonchev–Trinajstić information content (AvgIpc) is 2.27. The number of methoxy groups -OCH3 is 1. The van der Waals surface area contributed by atoms with Crippen LogP contribution >= 0.6 is 0 Å². The van der Waals surface area contributed by atoms with Crippen LogP contribution < -0.4 is 0 Å². The fourth-order valence-corrected chi connectivity index (χ4v) is 0.695. The first-order valence-electron chi connectivity index (χ1n) is 4.82. The molecule has 1 N–H and O–H groups in total. The van der Waals surface area contributed by atoms with Gasteiger partial charge < -0.3 is 19.3 Å². The zero-order valence-corrected chi connectivity index (χ0v) is 9.18. The van der Waals surface area contributed by atoms with Crippen LogP contribution in [-0.4, -0.2) is 50.6 Å². The molecular weight excluding hydrogens is 216 g/mol. The lowest BCUT2D eigenvalue weighted by Gasteiger charge is -2.00. The van der Waals surface area contributed by atoms with Crippen LogP contribution in [0.1, 0.15) is 6.42 Å². The van der Waals surface area contributed by atoms with Gasteiger partial charge >= 0.3 is 11.9 Å². The zero-order chi connectivity index (χ0) is 12.2. The lowest BCUT2D eigenvalue weighted by molar-refractivity contribution is -0.141. The van der Waals surface area contributed by atoms with Gasteiger partial charge in [0.2, 0.25) is 0 Å². The van der Waals surface area contributed by atoms with Crippen molar-refractivity contribution in [2.45, 2.75) is 6.42 Å². The summed E-state index contributed by atoms with van der Waals surface area (Å²) in [7, 11) is 1.49. The van der Waals surface area contributed by atoms with E-state index in [4.69, 9.17) is 5.11 Å². The molecular formula is C10H16O6. The monoisotopic (exact) mass is 232 g/mol. The first-order chi connectivity index (χ1) is 7.70. The number of ether oxygens (including phenoxy) is 3. The molecule has 0 aromatic carbocycles. The Bertz CT molecular complexity index is 211. The van der Waals surface area contributed by atoms with Crippen molar-refractivity contribution in [2.24, 2.45) is 0 Å². The Kier molecular flexibility index (Phi) is 9.24. The summed E-state index contributed by atoms with van der Waals surface area (Å²) < 4.78 is 14.0. The van der Waals surface area contributed by atoms with Gasteiger partial charge in [0.05, 0.1) is 13.2 Å². The van der Waals surface area contributed by atoms with Gasteiger partial charge in [0, 0.05) is 32.3 Å². The molecule has 0 atom stereocenters. The minimum Gasteiger partial charge on any atom is -0.462 e. The Morgan fingerprint density at radius 3 is 2.12 bits per heavy atom. The molecule has 0 radical (unpaired) electrons. The van der Waals surface area contributed by atoms with Crippen LogP contribution in [-0.2, 0) is 23.8 Å². The van der Waals surface area contributed by atoms with Crippen molar-refractivity contribution in [3.05, 3.63) is 12.2 Å².